The van der Waals surface area contributed by atoms with E-state index in [0.29, 0.717) is 5.56 Å². The summed E-state index contributed by atoms with van der Waals surface area (Å²) in [7, 11) is 0. The third-order valence-corrected chi connectivity index (χ3v) is 5.98. The van der Waals surface area contributed by atoms with Crippen molar-refractivity contribution in [3.8, 4) is 5.75 Å². The average Bonchev–Trinajstić information content (AvgIpc) is 2.88. The Labute approximate surface area is 240 Å². The Balaban J connectivity index is 3.26. The van der Waals surface area contributed by atoms with Crippen molar-refractivity contribution in [1.82, 2.24) is 21.3 Å². The SMILES string of the molecule is C[C@@H](O)[C@H](N)C(=O)N[C@H](C(=O)N[C@@H](CC(N)=O)C(=O)N[C@H](Cc1ccc(O)cc1)C(=O)N[C@H](C(=O)O)[C@@H](C)O)[C@@H](C)O. The molecule has 5 amide bonds. The lowest BCUT2D eigenvalue weighted by Gasteiger charge is -2.27. The van der Waals surface area contributed by atoms with E-state index in [1.54, 1.807) is 0 Å². The number of primary amides is 1. The van der Waals surface area contributed by atoms with Gasteiger partial charge in [-0.2, -0.15) is 0 Å². The second-order valence-corrected chi connectivity index (χ2v) is 9.72. The highest BCUT2D eigenvalue weighted by Gasteiger charge is 2.35. The van der Waals surface area contributed by atoms with E-state index in [-0.39, 0.29) is 12.2 Å². The molecule has 0 aliphatic heterocycles. The second kappa shape index (κ2) is 16.2. The van der Waals surface area contributed by atoms with Crippen LogP contribution < -0.4 is 32.7 Å². The Hall–Kier alpha value is -4.32. The molecule has 0 bridgehead atoms. The number of phenols is 1. The summed E-state index contributed by atoms with van der Waals surface area (Å²) in [5, 5.41) is 56.9. The van der Waals surface area contributed by atoms with Crippen LogP contribution in [0.1, 0.15) is 32.8 Å². The molecule has 42 heavy (non-hydrogen) atoms. The van der Waals surface area contributed by atoms with Crippen molar-refractivity contribution in [3.05, 3.63) is 29.8 Å². The van der Waals surface area contributed by atoms with Crippen molar-refractivity contribution in [2.24, 2.45) is 11.5 Å². The van der Waals surface area contributed by atoms with Gasteiger partial charge in [-0.3, -0.25) is 24.0 Å². The second-order valence-electron chi connectivity index (χ2n) is 9.72. The molecule has 234 valence electrons. The molecule has 0 aliphatic carbocycles. The molecule has 0 aromatic heterocycles. The Morgan fingerprint density at radius 1 is 0.714 bits per heavy atom. The first kappa shape index (κ1) is 35.7. The fourth-order valence-corrected chi connectivity index (χ4v) is 3.54. The van der Waals surface area contributed by atoms with E-state index in [1.807, 2.05) is 0 Å². The van der Waals surface area contributed by atoms with E-state index < -0.39 is 90.4 Å². The number of amides is 5. The maximum absolute atomic E-state index is 13.2. The minimum Gasteiger partial charge on any atom is -0.508 e. The number of carboxylic acid groups (broad SMARTS) is 1. The first-order chi connectivity index (χ1) is 19.4. The molecule has 0 fully saturated rings. The lowest BCUT2D eigenvalue weighted by Crippen LogP contribution is -2.62. The molecule has 0 saturated heterocycles. The molecule has 0 radical (unpaired) electrons. The van der Waals surface area contributed by atoms with Crippen LogP contribution in [0, 0.1) is 0 Å². The van der Waals surface area contributed by atoms with Gasteiger partial charge in [0.05, 0.1) is 24.7 Å². The zero-order chi connectivity index (χ0) is 32.3. The Bertz CT molecular complexity index is 1130. The molecule has 1 aromatic carbocycles. The van der Waals surface area contributed by atoms with E-state index >= 15 is 0 Å². The smallest absolute Gasteiger partial charge is 0.328 e. The third kappa shape index (κ3) is 11.3. The number of nitrogens with one attached hydrogen (secondary N) is 4. The van der Waals surface area contributed by atoms with Crippen molar-refractivity contribution in [3.63, 3.8) is 0 Å². The summed E-state index contributed by atoms with van der Waals surface area (Å²) < 4.78 is 0. The largest absolute Gasteiger partial charge is 0.508 e. The van der Waals surface area contributed by atoms with Crippen molar-refractivity contribution in [1.29, 1.82) is 0 Å². The van der Waals surface area contributed by atoms with Crippen LogP contribution in [0.25, 0.3) is 0 Å². The molecule has 0 aliphatic rings. The van der Waals surface area contributed by atoms with Gasteiger partial charge < -0.3 is 58.3 Å². The van der Waals surface area contributed by atoms with Gasteiger partial charge in [0, 0.05) is 6.42 Å². The lowest BCUT2D eigenvalue weighted by molar-refractivity contribution is -0.145. The fraction of sp³-hybridized carbons (Fsp3) is 0.520. The number of hydrogen-bond donors (Lipinski definition) is 11. The maximum Gasteiger partial charge on any atom is 0.328 e. The number of nitrogens with two attached hydrogens (primary N) is 2. The molecule has 1 rings (SSSR count). The quantitative estimate of drug-likeness (QED) is 0.0855. The van der Waals surface area contributed by atoms with Gasteiger partial charge in [-0.25, -0.2) is 4.79 Å². The summed E-state index contributed by atoms with van der Waals surface area (Å²) >= 11 is 0. The van der Waals surface area contributed by atoms with Crippen molar-refractivity contribution in [2.75, 3.05) is 0 Å². The molecule has 0 heterocycles. The Morgan fingerprint density at radius 3 is 1.64 bits per heavy atom. The third-order valence-electron chi connectivity index (χ3n) is 5.98. The van der Waals surface area contributed by atoms with Crippen LogP contribution in [0.15, 0.2) is 24.3 Å². The number of rotatable bonds is 16. The summed E-state index contributed by atoms with van der Waals surface area (Å²) in [6, 6.07) is -2.72. The van der Waals surface area contributed by atoms with Crippen LogP contribution in [0.5, 0.6) is 5.75 Å². The van der Waals surface area contributed by atoms with Gasteiger partial charge in [0.15, 0.2) is 6.04 Å². The molecule has 0 unspecified atom stereocenters. The molecule has 17 nitrogen and oxygen atoms in total. The summed E-state index contributed by atoms with van der Waals surface area (Å²) in [5.41, 5.74) is 11.2. The van der Waals surface area contributed by atoms with E-state index in [4.69, 9.17) is 11.5 Å². The topological polar surface area (TPSA) is 304 Å². The number of aromatic hydroxyl groups is 1. The number of hydrogen-bond acceptors (Lipinski definition) is 11. The normalized spacial score (nSPS) is 16.7. The molecule has 0 spiro atoms. The Morgan fingerprint density at radius 2 is 1.19 bits per heavy atom. The monoisotopic (exact) mass is 598 g/mol. The number of aliphatic hydroxyl groups is 3. The van der Waals surface area contributed by atoms with Gasteiger partial charge >= 0.3 is 5.97 Å². The highest BCUT2D eigenvalue weighted by Crippen LogP contribution is 2.12. The number of benzene rings is 1. The van der Waals surface area contributed by atoms with Crippen molar-refractivity contribution >= 4 is 35.5 Å². The molecule has 8 atom stereocenters. The highest BCUT2D eigenvalue weighted by molar-refractivity contribution is 5.97. The average molecular weight is 599 g/mol. The van der Waals surface area contributed by atoms with Crippen LogP contribution in [0.2, 0.25) is 0 Å². The van der Waals surface area contributed by atoms with Gasteiger partial charge in [0.1, 0.15) is 29.9 Å². The molecule has 1 aromatic rings. The zero-order valence-corrected chi connectivity index (χ0v) is 23.2. The number of carbonyl (C=O) groups excluding carboxylic acids is 5. The fourth-order valence-electron chi connectivity index (χ4n) is 3.54. The lowest BCUT2D eigenvalue weighted by atomic mass is 10.0. The summed E-state index contributed by atoms with van der Waals surface area (Å²) in [5.74, 6) is -7.02. The van der Waals surface area contributed by atoms with E-state index in [9.17, 15) is 54.3 Å². The first-order valence-electron chi connectivity index (χ1n) is 12.7. The standard InChI is InChI=1S/C25H38N6O11/c1-10(32)18(27)23(39)30-19(11(2)33)24(40)29-16(9-17(26)36)21(37)28-15(8-13-4-6-14(35)7-5-13)22(38)31-20(12(3)34)25(41)42/h4-7,10-12,15-16,18-20,32-35H,8-9,27H2,1-3H3,(H2,26,36)(H,28,37)(H,29,40)(H,30,39)(H,31,38)(H,41,42)/t10-,11-,12-,15-,16+,18+,19+,20+/m1/s1. The molecular weight excluding hydrogens is 560 g/mol. The predicted octanol–water partition coefficient (Wildman–Crippen LogP) is -4.70. The maximum atomic E-state index is 13.2. The zero-order valence-electron chi connectivity index (χ0n) is 23.2. The van der Waals surface area contributed by atoms with Gasteiger partial charge in [-0.05, 0) is 38.5 Å². The number of phenolic OH excluding ortho intramolecular Hbond substituents is 1. The highest BCUT2D eigenvalue weighted by atomic mass is 16.4. The van der Waals surface area contributed by atoms with Crippen LogP contribution in [-0.4, -0.2) is 110 Å². The van der Waals surface area contributed by atoms with Crippen LogP contribution in [0.4, 0.5) is 0 Å². The number of carboxylic acids is 1. The van der Waals surface area contributed by atoms with Gasteiger partial charge in [0.25, 0.3) is 0 Å². The summed E-state index contributed by atoms with van der Waals surface area (Å²) in [4.78, 5) is 74.6. The number of carbonyl (C=O) groups is 6. The van der Waals surface area contributed by atoms with Gasteiger partial charge in [-0.15, -0.1) is 0 Å². The van der Waals surface area contributed by atoms with Crippen LogP contribution >= 0.6 is 0 Å². The van der Waals surface area contributed by atoms with E-state index in [1.165, 1.54) is 31.2 Å². The molecule has 13 N–H and O–H groups in total. The Kier molecular flexibility index (Phi) is 13.8. The van der Waals surface area contributed by atoms with E-state index in [0.717, 1.165) is 13.8 Å². The number of aliphatic hydroxyl groups excluding tert-OH is 3. The molecular formula is C25H38N6O11. The van der Waals surface area contributed by atoms with Crippen molar-refractivity contribution in [2.45, 2.75) is 82.1 Å². The summed E-state index contributed by atoms with van der Waals surface area (Å²) in [6.45, 7) is 3.48. The predicted molar refractivity (Wildman–Crippen MR) is 144 cm³/mol. The summed E-state index contributed by atoms with van der Waals surface area (Å²) in [6.07, 6.45) is -5.40. The van der Waals surface area contributed by atoms with Crippen LogP contribution in [-0.2, 0) is 35.2 Å². The van der Waals surface area contributed by atoms with Crippen LogP contribution in [0.3, 0.4) is 0 Å². The van der Waals surface area contributed by atoms with Crippen molar-refractivity contribution < 1.29 is 54.3 Å². The molecule has 0 saturated carbocycles. The van der Waals surface area contributed by atoms with E-state index in [2.05, 4.69) is 21.3 Å². The number of aliphatic carboxylic acids is 1. The minimum absolute atomic E-state index is 0.0952. The van der Waals surface area contributed by atoms with Gasteiger partial charge in [0.2, 0.25) is 29.5 Å². The molecule has 17 heteroatoms. The first-order valence-corrected chi connectivity index (χ1v) is 12.7. The minimum atomic E-state index is -1.75. The van der Waals surface area contributed by atoms with Gasteiger partial charge in [-0.1, -0.05) is 12.1 Å².